The molecule has 2 nitrogen and oxygen atoms in total. The second-order valence-corrected chi connectivity index (χ2v) is 7.73. The molecule has 2 aromatic carbocycles. The summed E-state index contributed by atoms with van der Waals surface area (Å²) in [6, 6.07) is 22.0. The van der Waals surface area contributed by atoms with Crippen molar-refractivity contribution in [2.45, 2.75) is 19.4 Å². The molecule has 0 aliphatic rings. The van der Waals surface area contributed by atoms with Crippen LogP contribution in [0.4, 0.5) is 0 Å². The van der Waals surface area contributed by atoms with Gasteiger partial charge >= 0.3 is 5.97 Å². The first-order valence-corrected chi connectivity index (χ1v) is 9.04. The van der Waals surface area contributed by atoms with Crippen molar-refractivity contribution in [1.29, 1.82) is 0 Å². The fourth-order valence-corrected chi connectivity index (χ4v) is 5.34. The quantitative estimate of drug-likeness (QED) is 0.599. The van der Waals surface area contributed by atoms with Gasteiger partial charge in [0.2, 0.25) is 0 Å². The fourth-order valence-electron chi connectivity index (χ4n) is 2.39. The molecule has 0 saturated heterocycles. The Morgan fingerprint density at radius 1 is 0.950 bits per heavy atom. The average molecular weight is 284 g/mol. The third-order valence-electron chi connectivity index (χ3n) is 3.35. The third-order valence-corrected chi connectivity index (χ3v) is 6.59. The molecule has 0 atom stereocenters. The van der Waals surface area contributed by atoms with Crippen molar-refractivity contribution < 1.29 is 9.53 Å². The summed E-state index contributed by atoms with van der Waals surface area (Å²) in [7, 11) is -1.33. The Morgan fingerprint density at radius 3 is 1.90 bits per heavy atom. The standard InChI is InChI=1S/C17H20O2Si/c1-2-19-17(18)13-14-20(15-9-5-3-6-10-15)16-11-7-4-8-12-16/h3-12,20H,2,13-14H2,1H3. The van der Waals surface area contributed by atoms with E-state index in [9.17, 15) is 4.79 Å². The SMILES string of the molecule is CCOC(=O)CC[SiH](c1ccccc1)c1ccccc1. The zero-order valence-electron chi connectivity index (χ0n) is 11.8. The molecule has 2 aromatic rings. The number of rotatable bonds is 6. The number of hydrogen-bond acceptors (Lipinski definition) is 2. The molecule has 3 heteroatoms. The van der Waals surface area contributed by atoms with E-state index in [-0.39, 0.29) is 5.97 Å². The molecule has 0 aliphatic carbocycles. The third kappa shape index (κ3) is 4.07. The first-order valence-electron chi connectivity index (χ1n) is 7.06. The molecule has 0 fully saturated rings. The summed E-state index contributed by atoms with van der Waals surface area (Å²) in [4.78, 5) is 11.6. The van der Waals surface area contributed by atoms with E-state index in [0.29, 0.717) is 13.0 Å². The Bertz CT molecular complexity index is 486. The zero-order chi connectivity index (χ0) is 14.2. The minimum atomic E-state index is -1.33. The molecule has 0 aromatic heterocycles. The average Bonchev–Trinajstić information content (AvgIpc) is 2.50. The van der Waals surface area contributed by atoms with E-state index in [1.807, 2.05) is 19.1 Å². The monoisotopic (exact) mass is 284 g/mol. The van der Waals surface area contributed by atoms with E-state index in [1.165, 1.54) is 10.4 Å². The van der Waals surface area contributed by atoms with Crippen LogP contribution in [0, 0.1) is 0 Å². The van der Waals surface area contributed by atoms with Gasteiger partial charge in [0, 0.05) is 6.42 Å². The topological polar surface area (TPSA) is 26.3 Å². The van der Waals surface area contributed by atoms with Crippen molar-refractivity contribution in [3.8, 4) is 0 Å². The van der Waals surface area contributed by atoms with Gasteiger partial charge in [-0.25, -0.2) is 0 Å². The lowest BCUT2D eigenvalue weighted by Crippen LogP contribution is -2.42. The summed E-state index contributed by atoms with van der Waals surface area (Å²) < 4.78 is 5.05. The second kappa shape index (κ2) is 7.65. The van der Waals surface area contributed by atoms with E-state index in [4.69, 9.17) is 4.74 Å². The van der Waals surface area contributed by atoms with E-state index < -0.39 is 8.80 Å². The highest BCUT2D eigenvalue weighted by Gasteiger charge is 2.17. The van der Waals surface area contributed by atoms with Crippen molar-refractivity contribution in [3.63, 3.8) is 0 Å². The van der Waals surface area contributed by atoms with Gasteiger partial charge in [-0.3, -0.25) is 4.79 Å². The van der Waals surface area contributed by atoms with Crippen LogP contribution in [-0.2, 0) is 9.53 Å². The Balaban J connectivity index is 2.15. The number of ether oxygens (including phenoxy) is 1. The lowest BCUT2D eigenvalue weighted by molar-refractivity contribution is -0.142. The molecule has 0 aliphatic heterocycles. The first-order chi connectivity index (χ1) is 9.81. The van der Waals surface area contributed by atoms with Crippen molar-refractivity contribution >= 4 is 25.1 Å². The van der Waals surface area contributed by atoms with Gasteiger partial charge in [-0.2, -0.15) is 0 Å². The highest BCUT2D eigenvalue weighted by molar-refractivity contribution is 6.85. The minimum absolute atomic E-state index is 0.0862. The van der Waals surface area contributed by atoms with Crippen LogP contribution >= 0.6 is 0 Å². The molecular formula is C17H20O2Si. The van der Waals surface area contributed by atoms with E-state index in [1.54, 1.807) is 0 Å². The summed E-state index contributed by atoms with van der Waals surface area (Å²) in [5, 5.41) is 2.76. The van der Waals surface area contributed by atoms with Crippen LogP contribution in [0.15, 0.2) is 60.7 Å². The Labute approximate surface area is 122 Å². The largest absolute Gasteiger partial charge is 0.466 e. The van der Waals surface area contributed by atoms with Gasteiger partial charge in [0.05, 0.1) is 6.61 Å². The highest BCUT2D eigenvalue weighted by Crippen LogP contribution is 2.03. The molecular weight excluding hydrogens is 264 g/mol. The minimum Gasteiger partial charge on any atom is -0.466 e. The number of benzene rings is 2. The van der Waals surface area contributed by atoms with E-state index in [2.05, 4.69) is 48.5 Å². The number of esters is 1. The van der Waals surface area contributed by atoms with Crippen LogP contribution in [0.2, 0.25) is 6.04 Å². The van der Waals surface area contributed by atoms with Gasteiger partial charge in [-0.15, -0.1) is 0 Å². The first kappa shape index (κ1) is 14.5. The lowest BCUT2D eigenvalue weighted by Gasteiger charge is -2.16. The molecule has 0 spiro atoms. The van der Waals surface area contributed by atoms with Gasteiger partial charge in [0.15, 0.2) is 0 Å². The molecule has 0 amide bonds. The molecule has 0 unspecified atom stereocenters. The van der Waals surface area contributed by atoms with E-state index in [0.717, 1.165) is 6.04 Å². The Kier molecular flexibility index (Phi) is 5.56. The normalized spacial score (nSPS) is 10.5. The maximum absolute atomic E-state index is 11.6. The maximum atomic E-state index is 11.6. The molecule has 104 valence electrons. The van der Waals surface area contributed by atoms with Crippen molar-refractivity contribution in [3.05, 3.63) is 60.7 Å². The summed E-state index contributed by atoms with van der Waals surface area (Å²) in [6.45, 7) is 2.31. The zero-order valence-corrected chi connectivity index (χ0v) is 12.9. The molecule has 0 N–H and O–H groups in total. The summed E-state index contributed by atoms with van der Waals surface area (Å²) in [6.07, 6.45) is 0.508. The number of hydrogen-bond donors (Lipinski definition) is 0. The van der Waals surface area contributed by atoms with Crippen LogP contribution in [0.5, 0.6) is 0 Å². The smallest absolute Gasteiger partial charge is 0.305 e. The number of carbonyl (C=O) groups excluding carboxylic acids is 1. The maximum Gasteiger partial charge on any atom is 0.305 e. The van der Waals surface area contributed by atoms with Crippen molar-refractivity contribution in [1.82, 2.24) is 0 Å². The van der Waals surface area contributed by atoms with E-state index >= 15 is 0 Å². The summed E-state index contributed by atoms with van der Waals surface area (Å²) in [5.74, 6) is -0.0862. The Morgan fingerprint density at radius 2 is 1.45 bits per heavy atom. The van der Waals surface area contributed by atoms with Crippen LogP contribution in [0.25, 0.3) is 0 Å². The highest BCUT2D eigenvalue weighted by atomic mass is 28.3. The molecule has 0 radical (unpaired) electrons. The van der Waals surface area contributed by atoms with Crippen LogP contribution < -0.4 is 10.4 Å². The van der Waals surface area contributed by atoms with Crippen molar-refractivity contribution in [2.75, 3.05) is 6.61 Å². The number of carbonyl (C=O) groups is 1. The lowest BCUT2D eigenvalue weighted by atomic mass is 10.4. The van der Waals surface area contributed by atoms with Crippen LogP contribution in [0.3, 0.4) is 0 Å². The molecule has 2 rings (SSSR count). The van der Waals surface area contributed by atoms with Gasteiger partial charge in [-0.1, -0.05) is 71.0 Å². The summed E-state index contributed by atoms with van der Waals surface area (Å²) in [5.41, 5.74) is 0. The van der Waals surface area contributed by atoms with Gasteiger partial charge in [-0.05, 0) is 13.0 Å². The fraction of sp³-hybridized carbons (Fsp3) is 0.235. The van der Waals surface area contributed by atoms with Gasteiger partial charge < -0.3 is 4.74 Å². The molecule has 0 saturated carbocycles. The van der Waals surface area contributed by atoms with Crippen LogP contribution in [0.1, 0.15) is 13.3 Å². The summed E-state index contributed by atoms with van der Waals surface area (Å²) >= 11 is 0. The van der Waals surface area contributed by atoms with Crippen LogP contribution in [-0.4, -0.2) is 21.4 Å². The van der Waals surface area contributed by atoms with Gasteiger partial charge in [0.25, 0.3) is 0 Å². The molecule has 0 heterocycles. The second-order valence-electron chi connectivity index (χ2n) is 4.72. The van der Waals surface area contributed by atoms with Crippen molar-refractivity contribution in [2.24, 2.45) is 0 Å². The predicted molar refractivity (Wildman–Crippen MR) is 85.4 cm³/mol. The molecule has 20 heavy (non-hydrogen) atoms. The van der Waals surface area contributed by atoms with Gasteiger partial charge in [0.1, 0.15) is 8.80 Å². The molecule has 0 bridgehead atoms. The predicted octanol–water partition coefficient (Wildman–Crippen LogP) is 1.98. The Hall–Kier alpha value is -1.87.